The predicted octanol–water partition coefficient (Wildman–Crippen LogP) is 1.42. The highest BCUT2D eigenvalue weighted by Crippen LogP contribution is 2.29. The van der Waals surface area contributed by atoms with Crippen LogP contribution >= 0.6 is 0 Å². The van der Waals surface area contributed by atoms with E-state index in [0.717, 1.165) is 38.4 Å². The molecule has 0 radical (unpaired) electrons. The molecule has 3 fully saturated rings. The summed E-state index contributed by atoms with van der Waals surface area (Å²) in [5, 5.41) is 3.69. The summed E-state index contributed by atoms with van der Waals surface area (Å²) in [6.07, 6.45) is 8.78. The van der Waals surface area contributed by atoms with Crippen LogP contribution in [0.15, 0.2) is 0 Å². The van der Waals surface area contributed by atoms with Crippen molar-refractivity contribution < 1.29 is 8.42 Å². The van der Waals surface area contributed by atoms with Crippen LogP contribution in [0.1, 0.15) is 44.9 Å². The molecular formula is C15H28N2O2S. The van der Waals surface area contributed by atoms with Crippen LogP contribution in [-0.4, -0.2) is 56.5 Å². The van der Waals surface area contributed by atoms with Crippen LogP contribution < -0.4 is 5.32 Å². The zero-order valence-electron chi connectivity index (χ0n) is 12.4. The molecule has 0 bridgehead atoms. The molecule has 20 heavy (non-hydrogen) atoms. The van der Waals surface area contributed by atoms with Gasteiger partial charge in [0.05, 0.1) is 11.5 Å². The van der Waals surface area contributed by atoms with Gasteiger partial charge in [0.25, 0.3) is 0 Å². The molecule has 2 atom stereocenters. The third-order valence-corrected chi connectivity index (χ3v) is 7.21. The summed E-state index contributed by atoms with van der Waals surface area (Å²) in [6.45, 7) is 3.10. The molecular weight excluding hydrogens is 272 g/mol. The van der Waals surface area contributed by atoms with E-state index in [1.165, 1.54) is 32.1 Å². The van der Waals surface area contributed by atoms with Gasteiger partial charge in [0, 0.05) is 31.7 Å². The molecule has 4 nitrogen and oxygen atoms in total. The molecule has 0 spiro atoms. The molecule has 3 rings (SSSR count). The van der Waals surface area contributed by atoms with Gasteiger partial charge in [-0.1, -0.05) is 19.3 Å². The van der Waals surface area contributed by atoms with Crippen molar-refractivity contribution in [1.82, 2.24) is 10.2 Å². The van der Waals surface area contributed by atoms with Crippen molar-refractivity contribution in [2.45, 2.75) is 57.0 Å². The molecule has 2 heterocycles. The molecule has 3 aliphatic rings. The minimum atomic E-state index is -2.79. The highest BCUT2D eigenvalue weighted by Gasteiger charge is 2.34. The van der Waals surface area contributed by atoms with Gasteiger partial charge in [-0.25, -0.2) is 8.42 Å². The van der Waals surface area contributed by atoms with Crippen LogP contribution in [0, 0.1) is 5.92 Å². The van der Waals surface area contributed by atoms with Crippen LogP contribution in [0.2, 0.25) is 0 Å². The normalized spacial score (nSPS) is 36.8. The third kappa shape index (κ3) is 3.55. The van der Waals surface area contributed by atoms with Gasteiger partial charge in [-0.3, -0.25) is 4.90 Å². The zero-order valence-corrected chi connectivity index (χ0v) is 13.2. The van der Waals surface area contributed by atoms with Crippen LogP contribution in [-0.2, 0) is 9.84 Å². The molecule has 1 aliphatic carbocycles. The lowest BCUT2D eigenvalue weighted by Crippen LogP contribution is -2.58. The highest BCUT2D eigenvalue weighted by molar-refractivity contribution is 7.91. The lowest BCUT2D eigenvalue weighted by atomic mass is 9.83. The first-order chi connectivity index (χ1) is 9.64. The molecule has 0 amide bonds. The number of piperazine rings is 1. The van der Waals surface area contributed by atoms with E-state index in [0.29, 0.717) is 17.5 Å². The monoisotopic (exact) mass is 300 g/mol. The van der Waals surface area contributed by atoms with Gasteiger partial charge in [-0.05, 0) is 31.6 Å². The number of rotatable bonds is 2. The Labute approximate surface area is 123 Å². The molecule has 0 aromatic heterocycles. The van der Waals surface area contributed by atoms with Gasteiger partial charge < -0.3 is 5.32 Å². The first kappa shape index (κ1) is 14.8. The van der Waals surface area contributed by atoms with Crippen molar-refractivity contribution in [1.29, 1.82) is 0 Å². The Kier molecular flexibility index (Phi) is 4.68. The Morgan fingerprint density at radius 3 is 2.55 bits per heavy atom. The number of sulfone groups is 1. The smallest absolute Gasteiger partial charge is 0.151 e. The largest absolute Gasteiger partial charge is 0.311 e. The Hall–Kier alpha value is -0.130. The summed E-state index contributed by atoms with van der Waals surface area (Å²) < 4.78 is 23.7. The molecule has 0 aromatic carbocycles. The summed E-state index contributed by atoms with van der Waals surface area (Å²) in [4.78, 5) is 2.46. The van der Waals surface area contributed by atoms with Crippen molar-refractivity contribution in [3.63, 3.8) is 0 Å². The van der Waals surface area contributed by atoms with Gasteiger partial charge in [-0.15, -0.1) is 0 Å². The first-order valence-corrected chi connectivity index (χ1v) is 10.1. The van der Waals surface area contributed by atoms with Crippen molar-refractivity contribution in [3.8, 4) is 0 Å². The SMILES string of the molecule is O=S1(=O)CCCC(N2CCNC(C3CCCCC3)C2)C1. The van der Waals surface area contributed by atoms with Crippen molar-refractivity contribution in [2.24, 2.45) is 5.92 Å². The Bertz CT molecular complexity index is 418. The minimum absolute atomic E-state index is 0.280. The average molecular weight is 300 g/mol. The quantitative estimate of drug-likeness (QED) is 0.838. The Morgan fingerprint density at radius 1 is 1.00 bits per heavy atom. The van der Waals surface area contributed by atoms with E-state index in [1.807, 2.05) is 0 Å². The fourth-order valence-electron chi connectivity index (χ4n) is 4.27. The van der Waals surface area contributed by atoms with Crippen molar-refractivity contribution in [3.05, 3.63) is 0 Å². The number of hydrogen-bond donors (Lipinski definition) is 1. The maximum absolute atomic E-state index is 11.8. The van der Waals surface area contributed by atoms with E-state index in [1.54, 1.807) is 0 Å². The molecule has 1 saturated carbocycles. The molecule has 116 valence electrons. The Balaban J connectivity index is 1.59. The van der Waals surface area contributed by atoms with E-state index in [2.05, 4.69) is 10.2 Å². The van der Waals surface area contributed by atoms with Crippen molar-refractivity contribution >= 4 is 9.84 Å². The van der Waals surface area contributed by atoms with Gasteiger partial charge in [0.15, 0.2) is 9.84 Å². The number of nitrogens with one attached hydrogen (secondary N) is 1. The number of nitrogens with zero attached hydrogens (tertiary/aromatic N) is 1. The van der Waals surface area contributed by atoms with E-state index < -0.39 is 9.84 Å². The van der Waals surface area contributed by atoms with Crippen LogP contribution in [0.5, 0.6) is 0 Å². The van der Waals surface area contributed by atoms with Crippen LogP contribution in [0.25, 0.3) is 0 Å². The molecule has 0 aromatic rings. The predicted molar refractivity (Wildman–Crippen MR) is 81.6 cm³/mol. The second-order valence-electron chi connectivity index (χ2n) is 6.86. The van der Waals surface area contributed by atoms with Gasteiger partial charge in [0.2, 0.25) is 0 Å². The fourth-order valence-corrected chi connectivity index (χ4v) is 6.01. The van der Waals surface area contributed by atoms with Crippen LogP contribution in [0.4, 0.5) is 0 Å². The summed E-state index contributed by atoms with van der Waals surface area (Å²) in [7, 11) is -2.79. The average Bonchev–Trinajstić information content (AvgIpc) is 2.47. The molecule has 2 saturated heterocycles. The minimum Gasteiger partial charge on any atom is -0.311 e. The fraction of sp³-hybridized carbons (Fsp3) is 1.00. The summed E-state index contributed by atoms with van der Waals surface area (Å²) in [5.41, 5.74) is 0. The van der Waals surface area contributed by atoms with Gasteiger partial charge in [0.1, 0.15) is 0 Å². The summed E-state index contributed by atoms with van der Waals surface area (Å²) >= 11 is 0. The maximum atomic E-state index is 11.8. The van der Waals surface area contributed by atoms with E-state index >= 15 is 0 Å². The lowest BCUT2D eigenvalue weighted by molar-refractivity contribution is 0.110. The second-order valence-corrected chi connectivity index (χ2v) is 9.09. The molecule has 2 unspecified atom stereocenters. The lowest BCUT2D eigenvalue weighted by Gasteiger charge is -2.43. The highest BCUT2D eigenvalue weighted by atomic mass is 32.2. The Morgan fingerprint density at radius 2 is 1.80 bits per heavy atom. The summed E-state index contributed by atoms with van der Waals surface area (Å²) in [6, 6.07) is 0.871. The topological polar surface area (TPSA) is 49.4 Å². The second kappa shape index (κ2) is 6.32. The van der Waals surface area contributed by atoms with E-state index in [-0.39, 0.29) is 6.04 Å². The van der Waals surface area contributed by atoms with E-state index in [4.69, 9.17) is 0 Å². The van der Waals surface area contributed by atoms with Crippen LogP contribution in [0.3, 0.4) is 0 Å². The maximum Gasteiger partial charge on any atom is 0.151 e. The zero-order chi connectivity index (χ0) is 14.0. The van der Waals surface area contributed by atoms with Crippen molar-refractivity contribution in [2.75, 3.05) is 31.1 Å². The van der Waals surface area contributed by atoms with Gasteiger partial charge >= 0.3 is 0 Å². The number of hydrogen-bond acceptors (Lipinski definition) is 4. The summed E-state index contributed by atoms with van der Waals surface area (Å²) in [5.74, 6) is 1.61. The van der Waals surface area contributed by atoms with E-state index in [9.17, 15) is 8.42 Å². The molecule has 1 N–H and O–H groups in total. The molecule has 2 aliphatic heterocycles. The standard InChI is InChI=1S/C15H28N2O2S/c18-20(19)10-4-7-14(12-20)17-9-8-16-15(11-17)13-5-2-1-3-6-13/h13-16H,1-12H2. The van der Waals surface area contributed by atoms with Gasteiger partial charge in [-0.2, -0.15) is 0 Å². The molecule has 5 heteroatoms. The first-order valence-electron chi connectivity index (χ1n) is 8.32. The third-order valence-electron chi connectivity index (χ3n) is 5.41.